The van der Waals surface area contributed by atoms with E-state index in [2.05, 4.69) is 10.00 Å². The topological polar surface area (TPSA) is 44.6 Å². The number of aromatic nitrogens is 2. The molecule has 0 aliphatic carbocycles. The number of rotatable bonds is 4. The molecule has 0 saturated carbocycles. The molecule has 0 N–H and O–H groups in total. The summed E-state index contributed by atoms with van der Waals surface area (Å²) in [6, 6.07) is 14.0. The summed E-state index contributed by atoms with van der Waals surface area (Å²) in [4.78, 5) is 18.7. The Bertz CT molecular complexity index is 1160. The van der Waals surface area contributed by atoms with E-state index < -0.39 is 11.7 Å². The zero-order valence-corrected chi connectivity index (χ0v) is 19.4. The maximum atomic E-state index is 13.9. The molecule has 0 radical (unpaired) electrons. The lowest BCUT2D eigenvalue weighted by atomic mass is 10.0. The third-order valence-corrected chi connectivity index (χ3v) is 6.81. The fraction of sp³-hybridized carbons (Fsp3) is 0.385. The van der Waals surface area contributed by atoms with Gasteiger partial charge in [-0.25, -0.2) is 4.79 Å². The number of carbonyl (C=O) groups is 1. The predicted octanol–water partition coefficient (Wildman–Crippen LogP) is 4.96. The van der Waals surface area contributed by atoms with Gasteiger partial charge in [0.2, 0.25) is 0 Å². The van der Waals surface area contributed by atoms with Crippen molar-refractivity contribution >= 4 is 11.7 Å². The van der Waals surface area contributed by atoms with E-state index in [-0.39, 0.29) is 12.6 Å². The van der Waals surface area contributed by atoms with E-state index in [4.69, 9.17) is 0 Å². The molecule has 2 aliphatic rings. The Labute approximate surface area is 202 Å². The molecule has 5 rings (SSSR count). The second-order valence-corrected chi connectivity index (χ2v) is 9.08. The summed E-state index contributed by atoms with van der Waals surface area (Å²) in [6.45, 7) is 3.66. The quantitative estimate of drug-likeness (QED) is 0.527. The smallest absolute Gasteiger partial charge is 0.371 e. The Balaban J connectivity index is 1.27. The van der Waals surface area contributed by atoms with Gasteiger partial charge >= 0.3 is 12.2 Å². The molecule has 1 aromatic heterocycles. The van der Waals surface area contributed by atoms with Crippen LogP contribution in [0.25, 0.3) is 11.1 Å². The van der Waals surface area contributed by atoms with Crippen LogP contribution in [0.2, 0.25) is 0 Å². The van der Waals surface area contributed by atoms with E-state index >= 15 is 0 Å². The van der Waals surface area contributed by atoms with Gasteiger partial charge in [-0.2, -0.15) is 23.0 Å². The van der Waals surface area contributed by atoms with Crippen molar-refractivity contribution in [1.82, 2.24) is 19.6 Å². The lowest BCUT2D eigenvalue weighted by Gasteiger charge is -2.35. The van der Waals surface area contributed by atoms with Gasteiger partial charge < -0.3 is 9.80 Å². The molecule has 6 nitrogen and oxygen atoms in total. The SMILES string of the molecule is O=C(N1CCN(Cc2c(N3CCCC3)cccc2C(F)(F)F)CC1)n1cc(-c2ccccc2)cn1. The van der Waals surface area contributed by atoms with E-state index in [9.17, 15) is 18.0 Å². The van der Waals surface area contributed by atoms with E-state index in [1.54, 1.807) is 23.4 Å². The van der Waals surface area contributed by atoms with Gasteiger partial charge in [-0.1, -0.05) is 36.4 Å². The minimum Gasteiger partial charge on any atom is -0.371 e. The monoisotopic (exact) mass is 483 g/mol. The summed E-state index contributed by atoms with van der Waals surface area (Å²) in [5.74, 6) is 0. The lowest BCUT2D eigenvalue weighted by molar-refractivity contribution is -0.138. The van der Waals surface area contributed by atoms with Crippen molar-refractivity contribution in [2.45, 2.75) is 25.6 Å². The maximum Gasteiger partial charge on any atom is 0.416 e. The zero-order chi connectivity index (χ0) is 24.4. The van der Waals surface area contributed by atoms with Crippen molar-refractivity contribution in [2.24, 2.45) is 0 Å². The van der Waals surface area contributed by atoms with Gasteiger partial charge in [0.1, 0.15) is 0 Å². The Hall–Kier alpha value is -3.33. The second-order valence-electron chi connectivity index (χ2n) is 9.08. The molecule has 2 saturated heterocycles. The zero-order valence-electron chi connectivity index (χ0n) is 19.4. The number of benzene rings is 2. The minimum absolute atomic E-state index is 0.212. The fourth-order valence-electron chi connectivity index (χ4n) is 4.93. The normalized spacial score (nSPS) is 17.2. The number of nitrogens with zero attached hydrogens (tertiary/aromatic N) is 5. The van der Waals surface area contributed by atoms with Gasteiger partial charge in [-0.15, -0.1) is 0 Å². The molecular formula is C26H28F3N5O. The third-order valence-electron chi connectivity index (χ3n) is 6.81. The first-order valence-electron chi connectivity index (χ1n) is 12.0. The summed E-state index contributed by atoms with van der Waals surface area (Å²) in [7, 11) is 0. The van der Waals surface area contributed by atoms with Gasteiger partial charge in [0.25, 0.3) is 0 Å². The Morgan fingerprint density at radius 3 is 2.26 bits per heavy atom. The highest BCUT2D eigenvalue weighted by Crippen LogP contribution is 2.38. The molecule has 1 amide bonds. The Morgan fingerprint density at radius 1 is 0.857 bits per heavy atom. The number of carbonyl (C=O) groups excluding carboxylic acids is 1. The first-order chi connectivity index (χ1) is 16.9. The van der Waals surface area contributed by atoms with Crippen molar-refractivity contribution in [1.29, 1.82) is 0 Å². The lowest BCUT2D eigenvalue weighted by Crippen LogP contribution is -2.49. The van der Waals surface area contributed by atoms with Crippen LogP contribution >= 0.6 is 0 Å². The number of piperazine rings is 1. The van der Waals surface area contributed by atoms with E-state index in [0.29, 0.717) is 37.4 Å². The van der Waals surface area contributed by atoms with Crippen molar-refractivity contribution in [2.75, 3.05) is 44.2 Å². The van der Waals surface area contributed by atoms with Crippen LogP contribution in [0.5, 0.6) is 0 Å². The molecule has 0 unspecified atom stereocenters. The van der Waals surface area contributed by atoms with Crippen LogP contribution in [0.1, 0.15) is 24.0 Å². The maximum absolute atomic E-state index is 13.9. The van der Waals surface area contributed by atoms with Crippen LogP contribution < -0.4 is 4.90 Å². The van der Waals surface area contributed by atoms with Gasteiger partial charge in [-0.3, -0.25) is 4.90 Å². The highest BCUT2D eigenvalue weighted by atomic mass is 19.4. The number of hydrogen-bond acceptors (Lipinski definition) is 4. The number of anilines is 1. The standard InChI is InChI=1S/C26H28F3N5O/c27-26(28,29)23-9-6-10-24(32-11-4-5-12-32)22(23)19-31-13-15-33(16-14-31)25(35)34-18-21(17-30-34)20-7-2-1-3-8-20/h1-3,6-10,17-18H,4-5,11-16,19H2. The van der Waals surface area contributed by atoms with Crippen LogP contribution in [0.3, 0.4) is 0 Å². The highest BCUT2D eigenvalue weighted by Gasteiger charge is 2.36. The molecule has 2 aliphatic heterocycles. The number of alkyl halides is 3. The Morgan fingerprint density at radius 2 is 1.57 bits per heavy atom. The summed E-state index contributed by atoms with van der Waals surface area (Å²) < 4.78 is 42.9. The molecule has 0 spiro atoms. The van der Waals surface area contributed by atoms with Gasteiger partial charge in [-0.05, 0) is 30.5 Å². The van der Waals surface area contributed by atoms with Crippen molar-refractivity contribution in [3.05, 3.63) is 72.1 Å². The molecule has 3 aromatic rings. The molecule has 0 bridgehead atoms. The average Bonchev–Trinajstić information content (AvgIpc) is 3.57. The molecule has 184 valence electrons. The number of hydrogen-bond donors (Lipinski definition) is 0. The predicted molar refractivity (Wildman–Crippen MR) is 128 cm³/mol. The van der Waals surface area contributed by atoms with Crippen LogP contribution in [0.4, 0.5) is 23.7 Å². The molecular weight excluding hydrogens is 455 g/mol. The fourth-order valence-corrected chi connectivity index (χ4v) is 4.93. The number of amides is 1. The van der Waals surface area contributed by atoms with E-state index in [0.717, 1.165) is 37.1 Å². The first-order valence-corrected chi connectivity index (χ1v) is 12.0. The minimum atomic E-state index is -4.40. The Kier molecular flexibility index (Phi) is 6.51. The van der Waals surface area contributed by atoms with Crippen molar-refractivity contribution in [3.63, 3.8) is 0 Å². The van der Waals surface area contributed by atoms with E-state index in [1.165, 1.54) is 16.8 Å². The van der Waals surface area contributed by atoms with Crippen molar-refractivity contribution < 1.29 is 18.0 Å². The van der Waals surface area contributed by atoms with Gasteiger partial charge in [0.05, 0.1) is 11.8 Å². The molecule has 35 heavy (non-hydrogen) atoms. The molecule has 3 heterocycles. The van der Waals surface area contributed by atoms with Gasteiger partial charge in [0, 0.05) is 68.8 Å². The third kappa shape index (κ3) is 5.05. The van der Waals surface area contributed by atoms with Crippen LogP contribution in [0, 0.1) is 0 Å². The molecule has 9 heteroatoms. The van der Waals surface area contributed by atoms with Crippen LogP contribution in [0.15, 0.2) is 60.9 Å². The largest absolute Gasteiger partial charge is 0.416 e. The number of halogens is 3. The van der Waals surface area contributed by atoms with Crippen molar-refractivity contribution in [3.8, 4) is 11.1 Å². The summed E-state index contributed by atoms with van der Waals surface area (Å²) in [5.41, 5.74) is 2.29. The summed E-state index contributed by atoms with van der Waals surface area (Å²) in [6.07, 6.45) is 0.967. The van der Waals surface area contributed by atoms with Crippen LogP contribution in [-0.4, -0.2) is 64.9 Å². The molecule has 0 atom stereocenters. The highest BCUT2D eigenvalue weighted by molar-refractivity contribution is 5.77. The second kappa shape index (κ2) is 9.73. The summed E-state index contributed by atoms with van der Waals surface area (Å²) >= 11 is 0. The average molecular weight is 484 g/mol. The van der Waals surface area contributed by atoms with E-state index in [1.807, 2.05) is 35.2 Å². The first kappa shape index (κ1) is 23.4. The summed E-state index contributed by atoms with van der Waals surface area (Å²) in [5, 5.41) is 4.23. The molecule has 2 aromatic carbocycles. The molecule has 2 fully saturated rings. The van der Waals surface area contributed by atoms with Gasteiger partial charge in [0.15, 0.2) is 0 Å². The van der Waals surface area contributed by atoms with Crippen LogP contribution in [-0.2, 0) is 12.7 Å².